The maximum Gasteiger partial charge on any atom is 0.265 e. The van der Waals surface area contributed by atoms with E-state index < -0.39 is 0 Å². The Kier molecular flexibility index (Phi) is 5.85. The lowest BCUT2D eigenvalue weighted by Gasteiger charge is -2.29. The maximum atomic E-state index is 12.5. The number of halogens is 1. The molecule has 2 aromatic carbocycles. The van der Waals surface area contributed by atoms with Crippen LogP contribution in [0.5, 0.6) is 5.75 Å². The molecule has 0 spiro atoms. The van der Waals surface area contributed by atoms with Crippen molar-refractivity contribution < 1.29 is 14.3 Å². The molecule has 2 amide bonds. The summed E-state index contributed by atoms with van der Waals surface area (Å²) in [6.07, 6.45) is 0. The number of rotatable bonds is 5. The van der Waals surface area contributed by atoms with E-state index in [9.17, 15) is 9.59 Å². The van der Waals surface area contributed by atoms with Crippen molar-refractivity contribution >= 4 is 33.4 Å². The molecule has 0 aromatic heterocycles. The van der Waals surface area contributed by atoms with E-state index >= 15 is 0 Å². The lowest BCUT2D eigenvalue weighted by atomic mass is 9.99. The molecule has 6 heteroatoms. The zero-order valence-electron chi connectivity index (χ0n) is 15.7. The number of amides is 2. The summed E-state index contributed by atoms with van der Waals surface area (Å²) in [5, 5.41) is 2.97. The fraction of sp³-hybridized carbons (Fsp3) is 0.333. The third-order valence-electron chi connectivity index (χ3n) is 4.65. The van der Waals surface area contributed by atoms with E-state index in [1.54, 1.807) is 12.1 Å². The monoisotopic (exact) mass is 430 g/mol. The average Bonchev–Trinajstić information content (AvgIpc) is 2.64. The minimum Gasteiger partial charge on any atom is -0.482 e. The minimum atomic E-state index is -0.228. The highest BCUT2D eigenvalue weighted by atomic mass is 79.9. The van der Waals surface area contributed by atoms with Crippen LogP contribution in [0.4, 0.5) is 5.69 Å². The summed E-state index contributed by atoms with van der Waals surface area (Å²) in [6.45, 7) is 6.13. The van der Waals surface area contributed by atoms with Crippen molar-refractivity contribution in [2.75, 3.05) is 18.1 Å². The van der Waals surface area contributed by atoms with Crippen molar-refractivity contribution in [3.8, 4) is 5.75 Å². The fourth-order valence-corrected chi connectivity index (χ4v) is 3.38. The molecule has 1 aliphatic rings. The Balaban J connectivity index is 1.67. The predicted octanol–water partition coefficient (Wildman–Crippen LogP) is 4.18. The first kappa shape index (κ1) is 19.4. The first-order chi connectivity index (χ1) is 12.8. The van der Waals surface area contributed by atoms with Gasteiger partial charge in [0, 0.05) is 4.47 Å². The Morgan fingerprint density at radius 2 is 1.81 bits per heavy atom. The van der Waals surface area contributed by atoms with Crippen molar-refractivity contribution in [1.82, 2.24) is 5.32 Å². The molecule has 3 rings (SSSR count). The molecule has 0 saturated heterocycles. The molecule has 0 bridgehead atoms. The number of ether oxygens (including phenoxy) is 1. The number of nitrogens with zero attached hydrogens (tertiary/aromatic N) is 1. The largest absolute Gasteiger partial charge is 0.482 e. The standard InChI is InChI=1S/C21H23BrN2O3/c1-13(2)15-4-6-16(7-5-15)14(3)23-20(25)11-24-18-9-8-17(22)10-19(18)27-12-21(24)26/h4-10,13-14H,11-12H2,1-3H3,(H,23,25). The van der Waals surface area contributed by atoms with Gasteiger partial charge in [-0.25, -0.2) is 0 Å². The molecule has 1 aliphatic heterocycles. The summed E-state index contributed by atoms with van der Waals surface area (Å²) in [4.78, 5) is 26.2. The van der Waals surface area contributed by atoms with Crippen molar-refractivity contribution in [3.05, 3.63) is 58.1 Å². The lowest BCUT2D eigenvalue weighted by molar-refractivity contribution is -0.125. The molecule has 1 heterocycles. The van der Waals surface area contributed by atoms with E-state index in [0.717, 1.165) is 10.0 Å². The van der Waals surface area contributed by atoms with Gasteiger partial charge in [0.15, 0.2) is 6.61 Å². The summed E-state index contributed by atoms with van der Waals surface area (Å²) in [5.74, 6) is 0.624. The van der Waals surface area contributed by atoms with Crippen LogP contribution in [0, 0.1) is 0 Å². The van der Waals surface area contributed by atoms with Gasteiger partial charge in [0.05, 0.1) is 11.7 Å². The van der Waals surface area contributed by atoms with Crippen LogP contribution in [-0.2, 0) is 9.59 Å². The third-order valence-corrected chi connectivity index (χ3v) is 5.14. The van der Waals surface area contributed by atoms with Crippen LogP contribution in [0.1, 0.15) is 43.9 Å². The van der Waals surface area contributed by atoms with Crippen LogP contribution in [-0.4, -0.2) is 25.0 Å². The highest BCUT2D eigenvalue weighted by Crippen LogP contribution is 2.34. The summed E-state index contributed by atoms with van der Waals surface area (Å²) >= 11 is 3.39. The van der Waals surface area contributed by atoms with Crippen LogP contribution >= 0.6 is 15.9 Å². The molecule has 1 atom stereocenters. The molecule has 0 fully saturated rings. The van der Waals surface area contributed by atoms with Gasteiger partial charge in [-0.3, -0.25) is 14.5 Å². The molecule has 2 aromatic rings. The van der Waals surface area contributed by atoms with E-state index in [-0.39, 0.29) is 31.0 Å². The molecule has 0 radical (unpaired) electrons. The zero-order chi connectivity index (χ0) is 19.6. The Morgan fingerprint density at radius 1 is 1.15 bits per heavy atom. The first-order valence-electron chi connectivity index (χ1n) is 8.97. The minimum absolute atomic E-state index is 0.0365. The van der Waals surface area contributed by atoms with Crippen LogP contribution in [0.15, 0.2) is 46.9 Å². The number of carbonyl (C=O) groups excluding carboxylic acids is 2. The number of benzene rings is 2. The van der Waals surface area contributed by atoms with Crippen LogP contribution in [0.25, 0.3) is 0 Å². The third kappa shape index (κ3) is 4.50. The normalized spacial score (nSPS) is 14.6. The smallest absolute Gasteiger partial charge is 0.265 e. The molecule has 1 unspecified atom stereocenters. The van der Waals surface area contributed by atoms with Gasteiger partial charge in [-0.15, -0.1) is 0 Å². The van der Waals surface area contributed by atoms with Gasteiger partial charge in [0.25, 0.3) is 5.91 Å². The van der Waals surface area contributed by atoms with Gasteiger partial charge in [-0.05, 0) is 42.2 Å². The predicted molar refractivity (Wildman–Crippen MR) is 109 cm³/mol. The Morgan fingerprint density at radius 3 is 2.48 bits per heavy atom. The molecular weight excluding hydrogens is 408 g/mol. The van der Waals surface area contributed by atoms with Gasteiger partial charge < -0.3 is 10.1 Å². The molecule has 142 valence electrons. The number of carbonyl (C=O) groups is 2. The summed E-state index contributed by atoms with van der Waals surface area (Å²) in [5.41, 5.74) is 2.91. The van der Waals surface area contributed by atoms with Gasteiger partial charge in [0.2, 0.25) is 5.91 Å². The Labute approximate surface area is 167 Å². The summed E-state index contributed by atoms with van der Waals surface area (Å²) in [6, 6.07) is 13.5. The molecule has 27 heavy (non-hydrogen) atoms. The van der Waals surface area contributed by atoms with Crippen molar-refractivity contribution in [1.29, 1.82) is 0 Å². The zero-order valence-corrected chi connectivity index (χ0v) is 17.2. The van der Waals surface area contributed by atoms with Gasteiger partial charge in [-0.2, -0.15) is 0 Å². The van der Waals surface area contributed by atoms with Gasteiger partial charge in [-0.1, -0.05) is 54.0 Å². The van der Waals surface area contributed by atoms with E-state index in [4.69, 9.17) is 4.74 Å². The first-order valence-corrected chi connectivity index (χ1v) is 9.76. The Bertz CT molecular complexity index is 849. The second-order valence-corrected chi connectivity index (χ2v) is 7.91. The van der Waals surface area contributed by atoms with Crippen molar-refractivity contribution in [2.45, 2.75) is 32.7 Å². The second kappa shape index (κ2) is 8.13. The molecule has 5 nitrogen and oxygen atoms in total. The van der Waals surface area contributed by atoms with Crippen LogP contribution < -0.4 is 15.0 Å². The fourth-order valence-electron chi connectivity index (χ4n) is 3.04. The number of fused-ring (bicyclic) bond motifs is 1. The van der Waals surface area contributed by atoms with Gasteiger partial charge in [0.1, 0.15) is 12.3 Å². The number of hydrogen-bond acceptors (Lipinski definition) is 3. The van der Waals surface area contributed by atoms with E-state index in [2.05, 4.69) is 47.2 Å². The summed E-state index contributed by atoms with van der Waals surface area (Å²) < 4.78 is 6.32. The van der Waals surface area contributed by atoms with Crippen molar-refractivity contribution in [2.24, 2.45) is 0 Å². The second-order valence-electron chi connectivity index (χ2n) is 6.99. The lowest BCUT2D eigenvalue weighted by Crippen LogP contribution is -2.45. The Hall–Kier alpha value is -2.34. The topological polar surface area (TPSA) is 58.6 Å². The van der Waals surface area contributed by atoms with Crippen LogP contribution in [0.2, 0.25) is 0 Å². The van der Waals surface area contributed by atoms with E-state index in [1.807, 2.05) is 25.1 Å². The number of nitrogens with one attached hydrogen (secondary N) is 1. The molecule has 1 N–H and O–H groups in total. The van der Waals surface area contributed by atoms with Crippen molar-refractivity contribution in [3.63, 3.8) is 0 Å². The molecule has 0 aliphatic carbocycles. The highest BCUT2D eigenvalue weighted by molar-refractivity contribution is 9.10. The van der Waals surface area contributed by atoms with E-state index in [0.29, 0.717) is 17.4 Å². The van der Waals surface area contributed by atoms with E-state index in [1.165, 1.54) is 10.5 Å². The quantitative estimate of drug-likeness (QED) is 0.773. The SMILES string of the molecule is CC(C)c1ccc(C(C)NC(=O)CN2C(=O)COc3cc(Br)ccc32)cc1. The number of anilines is 1. The maximum absolute atomic E-state index is 12.5. The number of hydrogen-bond donors (Lipinski definition) is 1. The van der Waals surface area contributed by atoms with Gasteiger partial charge >= 0.3 is 0 Å². The highest BCUT2D eigenvalue weighted by Gasteiger charge is 2.27. The van der Waals surface area contributed by atoms with Crippen LogP contribution in [0.3, 0.4) is 0 Å². The average molecular weight is 431 g/mol. The summed E-state index contributed by atoms with van der Waals surface area (Å²) in [7, 11) is 0. The molecular formula is C21H23BrN2O3. The molecule has 0 saturated carbocycles.